The van der Waals surface area contributed by atoms with Crippen LogP contribution in [0.3, 0.4) is 0 Å². The predicted octanol–water partition coefficient (Wildman–Crippen LogP) is 4.49. The van der Waals surface area contributed by atoms with Gasteiger partial charge in [0.25, 0.3) is 0 Å². The molecule has 2 atom stereocenters. The van der Waals surface area contributed by atoms with E-state index in [1.54, 1.807) is 0 Å². The number of benzene rings is 2. The van der Waals surface area contributed by atoms with E-state index in [4.69, 9.17) is 4.74 Å². The molecule has 0 aliphatic heterocycles. The minimum absolute atomic E-state index is 0.455. The van der Waals surface area contributed by atoms with Gasteiger partial charge < -0.3 is 4.74 Å². The van der Waals surface area contributed by atoms with E-state index in [2.05, 4.69) is 79.5 Å². The number of hydrogen-bond donors (Lipinski definition) is 0. The molecule has 3 rings (SSSR count). The van der Waals surface area contributed by atoms with Crippen molar-refractivity contribution in [3.8, 4) is 5.75 Å². The summed E-state index contributed by atoms with van der Waals surface area (Å²) in [6, 6.07) is 12.9. The fourth-order valence-electron chi connectivity index (χ4n) is 3.19. The van der Waals surface area contributed by atoms with Crippen LogP contribution in [0.1, 0.15) is 23.1 Å². The van der Waals surface area contributed by atoms with E-state index in [1.165, 1.54) is 27.3 Å². The first-order chi connectivity index (χ1) is 12.7. The highest BCUT2D eigenvalue weighted by atomic mass is 31.1. The van der Waals surface area contributed by atoms with Gasteiger partial charge in [-0.25, -0.2) is 0 Å². The standard InChI is InChI=1S/C23H26NOP/c1-17-13-18(2)23(25-16-19-9-5-4-6-10-19)22(14-17)26-21-12-8-7-11-20(21)15-24-3/h4-9,11-15,19,26H,10,16H2,1-3H3/b24-15+. The van der Waals surface area contributed by atoms with Crippen LogP contribution in [0.2, 0.25) is 0 Å². The third kappa shape index (κ3) is 4.71. The van der Waals surface area contributed by atoms with Crippen molar-refractivity contribution in [3.63, 3.8) is 0 Å². The Morgan fingerprint density at radius 2 is 2.00 bits per heavy atom. The Hall–Kier alpha value is -2.18. The van der Waals surface area contributed by atoms with E-state index in [-0.39, 0.29) is 0 Å². The highest BCUT2D eigenvalue weighted by Gasteiger charge is 2.13. The van der Waals surface area contributed by atoms with Crippen molar-refractivity contribution in [2.24, 2.45) is 10.9 Å². The monoisotopic (exact) mass is 363 g/mol. The highest BCUT2D eigenvalue weighted by Crippen LogP contribution is 2.26. The number of allylic oxidation sites excluding steroid dienone is 3. The Morgan fingerprint density at radius 3 is 2.77 bits per heavy atom. The van der Waals surface area contributed by atoms with Crippen LogP contribution in [0.5, 0.6) is 5.75 Å². The van der Waals surface area contributed by atoms with Crippen LogP contribution in [0.25, 0.3) is 0 Å². The molecule has 134 valence electrons. The zero-order valence-electron chi connectivity index (χ0n) is 15.7. The van der Waals surface area contributed by atoms with Gasteiger partial charge in [-0.2, -0.15) is 0 Å². The summed E-state index contributed by atoms with van der Waals surface area (Å²) in [4.78, 5) is 4.20. The largest absolute Gasteiger partial charge is 0.492 e. The average Bonchev–Trinajstić information content (AvgIpc) is 2.63. The summed E-state index contributed by atoms with van der Waals surface area (Å²) in [6.45, 7) is 5.02. The van der Waals surface area contributed by atoms with Gasteiger partial charge in [-0.3, -0.25) is 4.99 Å². The Balaban J connectivity index is 1.86. The Morgan fingerprint density at radius 1 is 1.15 bits per heavy atom. The third-order valence-electron chi connectivity index (χ3n) is 4.43. The molecule has 0 fully saturated rings. The highest BCUT2D eigenvalue weighted by molar-refractivity contribution is 7.56. The molecule has 2 aromatic rings. The summed E-state index contributed by atoms with van der Waals surface area (Å²) in [7, 11) is 2.36. The number of hydrogen-bond acceptors (Lipinski definition) is 2. The molecule has 2 unspecified atom stereocenters. The van der Waals surface area contributed by atoms with Crippen molar-refractivity contribution in [1.82, 2.24) is 0 Å². The van der Waals surface area contributed by atoms with Crippen molar-refractivity contribution in [3.05, 3.63) is 77.4 Å². The Labute approximate surface area is 158 Å². The lowest BCUT2D eigenvalue weighted by Gasteiger charge is -2.19. The summed E-state index contributed by atoms with van der Waals surface area (Å²) >= 11 is 0. The molecule has 0 spiro atoms. The van der Waals surface area contributed by atoms with E-state index >= 15 is 0 Å². The summed E-state index contributed by atoms with van der Waals surface area (Å²) < 4.78 is 6.32. The van der Waals surface area contributed by atoms with E-state index in [0.29, 0.717) is 14.5 Å². The maximum Gasteiger partial charge on any atom is 0.129 e. The summed E-state index contributed by atoms with van der Waals surface area (Å²) in [5.74, 6) is 1.50. The lowest BCUT2D eigenvalue weighted by molar-refractivity contribution is 0.276. The predicted molar refractivity (Wildman–Crippen MR) is 115 cm³/mol. The number of rotatable bonds is 6. The zero-order chi connectivity index (χ0) is 18.4. The lowest BCUT2D eigenvalue weighted by atomic mass is 10.0. The molecule has 0 heterocycles. The van der Waals surface area contributed by atoms with Gasteiger partial charge in [0.15, 0.2) is 0 Å². The first kappa shape index (κ1) is 18.6. The molecule has 2 aromatic carbocycles. The van der Waals surface area contributed by atoms with Crippen molar-refractivity contribution < 1.29 is 4.74 Å². The van der Waals surface area contributed by atoms with Gasteiger partial charge in [-0.05, 0) is 48.3 Å². The number of aliphatic imine (C=N–C) groups is 1. The maximum atomic E-state index is 6.32. The quantitative estimate of drug-likeness (QED) is 0.547. The molecule has 0 amide bonds. The van der Waals surface area contributed by atoms with Crippen molar-refractivity contribution >= 4 is 25.4 Å². The topological polar surface area (TPSA) is 21.6 Å². The van der Waals surface area contributed by atoms with Crippen LogP contribution in [-0.2, 0) is 0 Å². The average molecular weight is 363 g/mol. The molecule has 0 bridgehead atoms. The minimum atomic E-state index is 0.455. The van der Waals surface area contributed by atoms with Crippen molar-refractivity contribution in [2.75, 3.05) is 13.7 Å². The molecule has 0 N–H and O–H groups in total. The van der Waals surface area contributed by atoms with E-state index in [9.17, 15) is 0 Å². The zero-order valence-corrected chi connectivity index (χ0v) is 16.7. The molecule has 0 saturated carbocycles. The number of aryl methyl sites for hydroxylation is 2. The van der Waals surface area contributed by atoms with Gasteiger partial charge in [0, 0.05) is 24.5 Å². The summed E-state index contributed by atoms with van der Waals surface area (Å²) in [6.07, 6.45) is 11.6. The summed E-state index contributed by atoms with van der Waals surface area (Å²) in [5.41, 5.74) is 3.67. The summed E-state index contributed by atoms with van der Waals surface area (Å²) in [5, 5.41) is 2.57. The van der Waals surface area contributed by atoms with E-state index < -0.39 is 0 Å². The van der Waals surface area contributed by atoms with Crippen LogP contribution in [0, 0.1) is 19.8 Å². The van der Waals surface area contributed by atoms with E-state index in [1.807, 2.05) is 13.3 Å². The fourth-order valence-corrected chi connectivity index (χ4v) is 4.64. The molecule has 26 heavy (non-hydrogen) atoms. The molecule has 0 radical (unpaired) electrons. The minimum Gasteiger partial charge on any atom is -0.492 e. The van der Waals surface area contributed by atoms with Crippen molar-refractivity contribution in [1.29, 1.82) is 0 Å². The number of nitrogens with zero attached hydrogens (tertiary/aromatic N) is 1. The normalized spacial score (nSPS) is 16.8. The molecule has 1 aliphatic rings. The first-order valence-electron chi connectivity index (χ1n) is 9.03. The number of ether oxygens (including phenoxy) is 1. The molecular formula is C23H26NOP. The second kappa shape index (κ2) is 8.96. The smallest absolute Gasteiger partial charge is 0.129 e. The van der Waals surface area contributed by atoms with Gasteiger partial charge >= 0.3 is 0 Å². The van der Waals surface area contributed by atoms with Gasteiger partial charge in [0.2, 0.25) is 0 Å². The van der Waals surface area contributed by atoms with Crippen LogP contribution in [0.15, 0.2) is 65.7 Å². The maximum absolute atomic E-state index is 6.32. The van der Waals surface area contributed by atoms with Crippen molar-refractivity contribution in [2.45, 2.75) is 20.3 Å². The van der Waals surface area contributed by atoms with Gasteiger partial charge in [-0.15, -0.1) is 0 Å². The molecule has 0 aromatic heterocycles. The van der Waals surface area contributed by atoms with Gasteiger partial charge in [-0.1, -0.05) is 63.2 Å². The third-order valence-corrected chi connectivity index (χ3v) is 5.79. The van der Waals surface area contributed by atoms with Gasteiger partial charge in [0.05, 0.1) is 6.61 Å². The molecule has 2 nitrogen and oxygen atoms in total. The molecule has 1 aliphatic carbocycles. The fraction of sp³-hybridized carbons (Fsp3) is 0.261. The first-order valence-corrected chi connectivity index (χ1v) is 10.0. The molecular weight excluding hydrogens is 337 g/mol. The molecule has 0 saturated heterocycles. The second-order valence-corrected chi connectivity index (χ2v) is 8.01. The molecule has 3 heteroatoms. The van der Waals surface area contributed by atoms with Crippen LogP contribution in [0.4, 0.5) is 0 Å². The van der Waals surface area contributed by atoms with Crippen LogP contribution < -0.4 is 15.3 Å². The second-order valence-electron chi connectivity index (χ2n) is 6.68. The Bertz CT molecular complexity index is 851. The Kier molecular flexibility index (Phi) is 6.41. The van der Waals surface area contributed by atoms with Crippen LogP contribution in [-0.4, -0.2) is 19.9 Å². The SMILES string of the molecule is C/N=C/c1ccccc1Pc1cc(C)cc(C)c1OCC1C=CC=CC1. The van der Waals surface area contributed by atoms with E-state index in [0.717, 1.165) is 18.8 Å². The van der Waals surface area contributed by atoms with Crippen LogP contribution >= 0.6 is 8.58 Å². The lowest BCUT2D eigenvalue weighted by Crippen LogP contribution is -2.17. The van der Waals surface area contributed by atoms with Gasteiger partial charge in [0.1, 0.15) is 5.75 Å².